The third kappa shape index (κ3) is 5.96. The van der Waals surface area contributed by atoms with Gasteiger partial charge in [-0.05, 0) is 92.2 Å². The molecule has 1 aliphatic rings. The van der Waals surface area contributed by atoms with Crippen LogP contribution in [0.4, 0.5) is 16.2 Å². The molecular formula is C27H31N3O. The first-order valence-corrected chi connectivity index (χ1v) is 11.0. The van der Waals surface area contributed by atoms with Crippen molar-refractivity contribution in [1.82, 2.24) is 4.90 Å². The Morgan fingerprint density at radius 3 is 2.29 bits per heavy atom. The van der Waals surface area contributed by atoms with Crippen molar-refractivity contribution in [2.24, 2.45) is 5.92 Å². The highest BCUT2D eigenvalue weighted by molar-refractivity contribution is 5.99. The maximum Gasteiger partial charge on any atom is 0.323 e. The number of hydrogen-bond donors (Lipinski definition) is 2. The number of amides is 2. The Labute approximate surface area is 185 Å². The third-order valence-electron chi connectivity index (χ3n) is 5.88. The van der Waals surface area contributed by atoms with Crippen LogP contribution in [-0.4, -0.2) is 31.6 Å². The van der Waals surface area contributed by atoms with Gasteiger partial charge in [0.1, 0.15) is 0 Å². The van der Waals surface area contributed by atoms with Gasteiger partial charge < -0.3 is 15.5 Å². The fourth-order valence-electron chi connectivity index (χ4n) is 4.41. The van der Waals surface area contributed by atoms with Gasteiger partial charge in [-0.2, -0.15) is 0 Å². The van der Waals surface area contributed by atoms with Gasteiger partial charge in [-0.15, -0.1) is 0 Å². The van der Waals surface area contributed by atoms with Gasteiger partial charge in [-0.3, -0.25) is 0 Å². The highest BCUT2D eigenvalue weighted by atomic mass is 16.2. The van der Waals surface area contributed by atoms with Crippen molar-refractivity contribution < 1.29 is 4.79 Å². The van der Waals surface area contributed by atoms with Crippen LogP contribution in [0.3, 0.4) is 0 Å². The van der Waals surface area contributed by atoms with Gasteiger partial charge in [0.25, 0.3) is 0 Å². The van der Waals surface area contributed by atoms with Crippen LogP contribution in [0.2, 0.25) is 0 Å². The van der Waals surface area contributed by atoms with E-state index in [0.29, 0.717) is 0 Å². The smallest absolute Gasteiger partial charge is 0.309 e. The molecule has 0 saturated carbocycles. The van der Waals surface area contributed by atoms with E-state index in [2.05, 4.69) is 78.2 Å². The molecule has 4 nitrogen and oxygen atoms in total. The zero-order valence-corrected chi connectivity index (χ0v) is 18.4. The molecule has 3 aromatic rings. The first-order valence-electron chi connectivity index (χ1n) is 11.0. The number of carbonyl (C=O) groups excluding carboxylic acids is 1. The second kappa shape index (κ2) is 9.80. The lowest BCUT2D eigenvalue weighted by atomic mass is 9.83. The summed E-state index contributed by atoms with van der Waals surface area (Å²) < 4.78 is 0. The van der Waals surface area contributed by atoms with Crippen molar-refractivity contribution in [3.05, 3.63) is 95.1 Å². The molecule has 4 rings (SSSR count). The Kier molecular flexibility index (Phi) is 6.68. The molecule has 0 aliphatic heterocycles. The summed E-state index contributed by atoms with van der Waals surface area (Å²) in [5.41, 5.74) is 6.92. The number of carbonyl (C=O) groups is 1. The summed E-state index contributed by atoms with van der Waals surface area (Å²) in [6.07, 6.45) is 4.29. The van der Waals surface area contributed by atoms with Crippen molar-refractivity contribution >= 4 is 17.4 Å². The van der Waals surface area contributed by atoms with Gasteiger partial charge in [-0.25, -0.2) is 4.79 Å². The van der Waals surface area contributed by atoms with Crippen molar-refractivity contribution in [3.8, 4) is 0 Å². The molecule has 1 aliphatic carbocycles. The van der Waals surface area contributed by atoms with Crippen LogP contribution < -0.4 is 10.6 Å². The van der Waals surface area contributed by atoms with Crippen molar-refractivity contribution in [1.29, 1.82) is 0 Å². The first kappa shape index (κ1) is 21.1. The molecule has 1 atom stereocenters. The largest absolute Gasteiger partial charge is 0.323 e. The number of nitrogens with one attached hydrogen (secondary N) is 2. The van der Waals surface area contributed by atoms with E-state index in [0.717, 1.165) is 43.1 Å². The van der Waals surface area contributed by atoms with Crippen molar-refractivity contribution in [3.63, 3.8) is 0 Å². The van der Waals surface area contributed by atoms with Crippen molar-refractivity contribution in [2.75, 3.05) is 31.3 Å². The highest BCUT2D eigenvalue weighted by Crippen LogP contribution is 2.28. The average molecular weight is 414 g/mol. The van der Waals surface area contributed by atoms with Crippen LogP contribution >= 0.6 is 0 Å². The number of anilines is 2. The van der Waals surface area contributed by atoms with E-state index >= 15 is 0 Å². The number of nitrogens with zero attached hydrogens (tertiary/aromatic N) is 1. The lowest BCUT2D eigenvalue weighted by molar-refractivity contribution is 0.262. The van der Waals surface area contributed by atoms with E-state index in [1.54, 1.807) is 0 Å². The molecule has 0 heterocycles. The average Bonchev–Trinajstić information content (AvgIpc) is 2.75. The molecule has 31 heavy (non-hydrogen) atoms. The van der Waals surface area contributed by atoms with E-state index in [-0.39, 0.29) is 6.03 Å². The Morgan fingerprint density at radius 2 is 1.55 bits per heavy atom. The summed E-state index contributed by atoms with van der Waals surface area (Å²) in [4.78, 5) is 14.7. The second-order valence-corrected chi connectivity index (χ2v) is 8.79. The predicted molar refractivity (Wildman–Crippen MR) is 129 cm³/mol. The molecule has 0 fully saturated rings. The fourth-order valence-corrected chi connectivity index (χ4v) is 4.41. The zero-order chi connectivity index (χ0) is 21.6. The lowest BCUT2D eigenvalue weighted by Crippen LogP contribution is -2.26. The van der Waals surface area contributed by atoms with Crippen LogP contribution in [0.25, 0.3) is 0 Å². The van der Waals surface area contributed by atoms with Crippen LogP contribution in [0, 0.1) is 5.92 Å². The Hall–Kier alpha value is -3.11. The monoisotopic (exact) mass is 413 g/mol. The third-order valence-corrected chi connectivity index (χ3v) is 5.88. The maximum absolute atomic E-state index is 12.5. The lowest BCUT2D eigenvalue weighted by Gasteiger charge is -2.27. The summed E-state index contributed by atoms with van der Waals surface area (Å²) in [6, 6.07) is 24.5. The molecule has 0 radical (unpaired) electrons. The van der Waals surface area contributed by atoms with Gasteiger partial charge in [-0.1, -0.05) is 48.5 Å². The van der Waals surface area contributed by atoms with Crippen LogP contribution in [0.5, 0.6) is 0 Å². The number of rotatable bonds is 6. The van der Waals surface area contributed by atoms with Crippen LogP contribution in [-0.2, 0) is 19.3 Å². The summed E-state index contributed by atoms with van der Waals surface area (Å²) in [7, 11) is 4.27. The first-order chi connectivity index (χ1) is 15.0. The van der Waals surface area contributed by atoms with Gasteiger partial charge in [0.05, 0.1) is 0 Å². The van der Waals surface area contributed by atoms with Gasteiger partial charge in [0.2, 0.25) is 0 Å². The minimum absolute atomic E-state index is 0.211. The minimum Gasteiger partial charge on any atom is -0.309 e. The molecule has 160 valence electrons. The minimum atomic E-state index is -0.211. The summed E-state index contributed by atoms with van der Waals surface area (Å²) in [6.45, 7) is 1.13. The van der Waals surface area contributed by atoms with Gasteiger partial charge in [0, 0.05) is 17.9 Å². The van der Waals surface area contributed by atoms with E-state index in [1.807, 2.05) is 24.3 Å². The predicted octanol–water partition coefficient (Wildman–Crippen LogP) is 5.59. The quantitative estimate of drug-likeness (QED) is 0.553. The topological polar surface area (TPSA) is 44.4 Å². The second-order valence-electron chi connectivity index (χ2n) is 8.79. The fraction of sp³-hybridized carbons (Fsp3) is 0.296. The van der Waals surface area contributed by atoms with Gasteiger partial charge >= 0.3 is 6.03 Å². The Bertz CT molecular complexity index is 1010. The van der Waals surface area contributed by atoms with E-state index < -0.39 is 0 Å². The Morgan fingerprint density at radius 1 is 0.871 bits per heavy atom. The molecule has 2 N–H and O–H groups in total. The molecule has 0 aromatic heterocycles. The summed E-state index contributed by atoms with van der Waals surface area (Å²) in [5.74, 6) is 0.717. The summed E-state index contributed by atoms with van der Waals surface area (Å²) >= 11 is 0. The number of benzene rings is 3. The SMILES string of the molecule is CN(C)CC1CCc2cc(NC(=O)Nc3ccc(Cc4ccccc4)cc3)ccc2C1. The molecule has 0 spiro atoms. The molecule has 4 heteroatoms. The molecule has 1 unspecified atom stereocenters. The Balaban J connectivity index is 1.32. The summed E-state index contributed by atoms with van der Waals surface area (Å²) in [5, 5.41) is 5.91. The van der Waals surface area contributed by atoms with E-state index in [1.165, 1.54) is 28.7 Å². The number of hydrogen-bond acceptors (Lipinski definition) is 2. The standard InChI is InChI=1S/C27H31N3O/c1-30(2)19-22-8-11-24-18-26(15-12-23(24)17-22)29-27(31)28-25-13-9-21(10-14-25)16-20-6-4-3-5-7-20/h3-7,9-10,12-15,18,22H,8,11,16-17,19H2,1-2H3,(H2,28,29,31). The molecule has 0 bridgehead atoms. The number of fused-ring (bicyclic) bond motifs is 1. The molecule has 2 amide bonds. The maximum atomic E-state index is 12.5. The van der Waals surface area contributed by atoms with E-state index in [4.69, 9.17) is 0 Å². The van der Waals surface area contributed by atoms with Crippen LogP contribution in [0.15, 0.2) is 72.8 Å². The highest BCUT2D eigenvalue weighted by Gasteiger charge is 2.19. The number of aryl methyl sites for hydroxylation is 1. The molecule has 3 aromatic carbocycles. The number of urea groups is 1. The molecular weight excluding hydrogens is 382 g/mol. The van der Waals surface area contributed by atoms with Crippen LogP contribution in [0.1, 0.15) is 28.7 Å². The van der Waals surface area contributed by atoms with E-state index in [9.17, 15) is 4.79 Å². The van der Waals surface area contributed by atoms with Gasteiger partial charge in [0.15, 0.2) is 0 Å². The molecule has 0 saturated heterocycles. The van der Waals surface area contributed by atoms with Crippen molar-refractivity contribution in [2.45, 2.75) is 25.7 Å². The zero-order valence-electron chi connectivity index (χ0n) is 18.4. The normalized spacial score (nSPS) is 15.4.